The Labute approximate surface area is 89.7 Å². The van der Waals surface area contributed by atoms with E-state index in [1.54, 1.807) is 0 Å². The highest BCUT2D eigenvalue weighted by Gasteiger charge is 2.58. The summed E-state index contributed by atoms with van der Waals surface area (Å²) in [6.45, 7) is 6.06. The minimum atomic E-state index is -0.134. The number of carbonyl (C=O) groups is 1. The average molecular weight is 210 g/mol. The molecule has 4 heteroatoms. The summed E-state index contributed by atoms with van der Waals surface area (Å²) in [7, 11) is 0. The third-order valence-electron chi connectivity index (χ3n) is 4.06. The second-order valence-corrected chi connectivity index (χ2v) is 5.44. The number of hydrogen-bond acceptors (Lipinski definition) is 3. The molecule has 5 unspecified atom stereocenters. The number of nitrogens with one attached hydrogen (secondary N) is 2. The van der Waals surface area contributed by atoms with Crippen molar-refractivity contribution in [3.8, 4) is 0 Å². The Morgan fingerprint density at radius 3 is 3.07 bits per heavy atom. The van der Waals surface area contributed by atoms with Gasteiger partial charge in [-0.15, -0.1) is 0 Å². The first-order valence-corrected chi connectivity index (χ1v) is 5.79. The molecule has 15 heavy (non-hydrogen) atoms. The monoisotopic (exact) mass is 210 g/mol. The Balaban J connectivity index is 1.89. The molecule has 0 radical (unpaired) electrons. The summed E-state index contributed by atoms with van der Waals surface area (Å²) in [5, 5.41) is 6.37. The number of carbonyl (C=O) groups excluding carboxylic acids is 1. The lowest BCUT2D eigenvalue weighted by molar-refractivity contribution is -0.123. The molecule has 3 heterocycles. The first kappa shape index (κ1) is 9.60. The maximum atomic E-state index is 11.7. The minimum Gasteiger partial charge on any atom is -0.368 e. The van der Waals surface area contributed by atoms with Crippen LogP contribution in [-0.2, 0) is 9.53 Å². The molecule has 0 aromatic rings. The van der Waals surface area contributed by atoms with Crippen LogP contribution in [0.5, 0.6) is 0 Å². The van der Waals surface area contributed by atoms with Crippen LogP contribution >= 0.6 is 0 Å². The van der Waals surface area contributed by atoms with Crippen molar-refractivity contribution >= 4 is 5.91 Å². The van der Waals surface area contributed by atoms with E-state index in [4.69, 9.17) is 4.74 Å². The van der Waals surface area contributed by atoms with Gasteiger partial charge < -0.3 is 15.4 Å². The Kier molecular flexibility index (Phi) is 1.89. The Morgan fingerprint density at radius 1 is 1.47 bits per heavy atom. The van der Waals surface area contributed by atoms with Gasteiger partial charge in [-0.05, 0) is 25.8 Å². The molecular formula is C11H18N2O2. The smallest absolute Gasteiger partial charge is 0.227 e. The highest BCUT2D eigenvalue weighted by atomic mass is 16.5. The van der Waals surface area contributed by atoms with Gasteiger partial charge in [-0.2, -0.15) is 0 Å². The molecule has 3 aliphatic heterocycles. The zero-order chi connectivity index (χ0) is 10.6. The van der Waals surface area contributed by atoms with Gasteiger partial charge in [0.15, 0.2) is 0 Å². The van der Waals surface area contributed by atoms with Gasteiger partial charge in [0, 0.05) is 6.54 Å². The van der Waals surface area contributed by atoms with Crippen molar-refractivity contribution in [1.29, 1.82) is 0 Å². The van der Waals surface area contributed by atoms with E-state index in [0.29, 0.717) is 12.5 Å². The van der Waals surface area contributed by atoms with Crippen molar-refractivity contribution < 1.29 is 9.53 Å². The van der Waals surface area contributed by atoms with Gasteiger partial charge in [0.1, 0.15) is 0 Å². The van der Waals surface area contributed by atoms with Crippen LogP contribution in [0.4, 0.5) is 0 Å². The fourth-order valence-electron chi connectivity index (χ4n) is 3.50. The van der Waals surface area contributed by atoms with Crippen molar-refractivity contribution in [1.82, 2.24) is 10.6 Å². The molecule has 2 N–H and O–H groups in total. The van der Waals surface area contributed by atoms with Crippen LogP contribution in [0.15, 0.2) is 0 Å². The third kappa shape index (κ3) is 1.24. The van der Waals surface area contributed by atoms with E-state index in [1.807, 2.05) is 0 Å². The van der Waals surface area contributed by atoms with Gasteiger partial charge >= 0.3 is 0 Å². The van der Waals surface area contributed by atoms with Crippen LogP contribution in [0, 0.1) is 11.8 Å². The number of hydrogen-bond donors (Lipinski definition) is 2. The standard InChI is InChI=1S/C11H18N2O2/c1-6-3-11(2)9(12-4-6)8-7(15-11)5-13-10(8)14/h6-9,12H,3-5H2,1-2H3,(H,13,14). The van der Waals surface area contributed by atoms with Crippen molar-refractivity contribution in [2.45, 2.75) is 38.0 Å². The number of fused-ring (bicyclic) bond motifs is 3. The SMILES string of the molecule is CC1CNC2C3C(=O)NCC3OC2(C)C1. The molecule has 3 saturated heterocycles. The zero-order valence-electron chi connectivity index (χ0n) is 9.25. The second-order valence-electron chi connectivity index (χ2n) is 5.44. The van der Waals surface area contributed by atoms with Crippen LogP contribution in [-0.4, -0.2) is 36.7 Å². The molecule has 0 saturated carbocycles. The maximum Gasteiger partial charge on any atom is 0.227 e. The molecule has 0 aromatic carbocycles. The van der Waals surface area contributed by atoms with Crippen LogP contribution in [0.25, 0.3) is 0 Å². The fourth-order valence-corrected chi connectivity index (χ4v) is 3.50. The van der Waals surface area contributed by atoms with Crippen LogP contribution in [0.1, 0.15) is 20.3 Å². The number of piperidine rings is 1. The van der Waals surface area contributed by atoms with E-state index in [-0.39, 0.29) is 29.6 Å². The van der Waals surface area contributed by atoms with Crippen molar-refractivity contribution in [2.75, 3.05) is 13.1 Å². The minimum absolute atomic E-state index is 0.0301. The van der Waals surface area contributed by atoms with Gasteiger partial charge in [-0.25, -0.2) is 0 Å². The lowest BCUT2D eigenvalue weighted by atomic mass is 9.78. The molecular weight excluding hydrogens is 192 g/mol. The molecule has 0 bridgehead atoms. The van der Waals surface area contributed by atoms with Crippen LogP contribution in [0.2, 0.25) is 0 Å². The Hall–Kier alpha value is -0.610. The predicted octanol–water partition coefficient (Wildman–Crippen LogP) is -0.112. The van der Waals surface area contributed by atoms with E-state index in [0.717, 1.165) is 13.0 Å². The predicted molar refractivity (Wildman–Crippen MR) is 55.3 cm³/mol. The summed E-state index contributed by atoms with van der Waals surface area (Å²) < 4.78 is 6.07. The molecule has 0 aromatic heterocycles. The van der Waals surface area contributed by atoms with E-state index < -0.39 is 0 Å². The average Bonchev–Trinajstić information content (AvgIpc) is 2.62. The summed E-state index contributed by atoms with van der Waals surface area (Å²) in [6, 6.07) is 0.209. The van der Waals surface area contributed by atoms with Crippen molar-refractivity contribution in [3.05, 3.63) is 0 Å². The van der Waals surface area contributed by atoms with E-state index in [2.05, 4.69) is 24.5 Å². The van der Waals surface area contributed by atoms with Gasteiger partial charge in [0.25, 0.3) is 0 Å². The van der Waals surface area contributed by atoms with Gasteiger partial charge in [-0.3, -0.25) is 4.79 Å². The Morgan fingerprint density at radius 2 is 2.27 bits per heavy atom. The number of rotatable bonds is 0. The van der Waals surface area contributed by atoms with Crippen LogP contribution in [0.3, 0.4) is 0 Å². The lowest BCUT2D eigenvalue weighted by Crippen LogP contribution is -2.57. The highest BCUT2D eigenvalue weighted by Crippen LogP contribution is 2.43. The fraction of sp³-hybridized carbons (Fsp3) is 0.909. The normalized spacial score (nSPS) is 53.6. The van der Waals surface area contributed by atoms with Gasteiger partial charge in [-0.1, -0.05) is 6.92 Å². The number of ether oxygens (including phenoxy) is 1. The van der Waals surface area contributed by atoms with E-state index in [9.17, 15) is 4.79 Å². The summed E-state index contributed by atoms with van der Waals surface area (Å²) in [5.74, 6) is 0.825. The molecule has 3 fully saturated rings. The molecule has 84 valence electrons. The molecule has 3 rings (SSSR count). The summed E-state index contributed by atoms with van der Waals surface area (Å²) >= 11 is 0. The molecule has 0 spiro atoms. The summed E-state index contributed by atoms with van der Waals surface area (Å²) in [6.07, 6.45) is 1.15. The summed E-state index contributed by atoms with van der Waals surface area (Å²) in [4.78, 5) is 11.7. The summed E-state index contributed by atoms with van der Waals surface area (Å²) in [5.41, 5.74) is -0.134. The van der Waals surface area contributed by atoms with Gasteiger partial charge in [0.2, 0.25) is 5.91 Å². The quantitative estimate of drug-likeness (QED) is 0.586. The third-order valence-corrected chi connectivity index (χ3v) is 4.06. The van der Waals surface area contributed by atoms with Crippen molar-refractivity contribution in [3.63, 3.8) is 0 Å². The lowest BCUT2D eigenvalue weighted by Gasteiger charge is -2.40. The van der Waals surface area contributed by atoms with E-state index in [1.165, 1.54) is 0 Å². The largest absolute Gasteiger partial charge is 0.368 e. The zero-order valence-corrected chi connectivity index (χ0v) is 9.25. The van der Waals surface area contributed by atoms with Crippen molar-refractivity contribution in [2.24, 2.45) is 11.8 Å². The first-order chi connectivity index (χ1) is 7.10. The first-order valence-electron chi connectivity index (χ1n) is 5.79. The maximum absolute atomic E-state index is 11.7. The number of amides is 1. The van der Waals surface area contributed by atoms with Gasteiger partial charge in [0.05, 0.1) is 23.7 Å². The van der Waals surface area contributed by atoms with Crippen LogP contribution < -0.4 is 10.6 Å². The molecule has 4 nitrogen and oxygen atoms in total. The second kappa shape index (κ2) is 2.95. The van der Waals surface area contributed by atoms with E-state index >= 15 is 0 Å². The Bertz CT molecular complexity index is 307. The molecule has 5 atom stereocenters. The molecule has 3 aliphatic rings. The molecule has 1 amide bonds. The highest BCUT2D eigenvalue weighted by molar-refractivity contribution is 5.83. The molecule has 0 aliphatic carbocycles. The topological polar surface area (TPSA) is 50.4 Å².